The molecule has 0 aliphatic carbocycles. The van der Waals surface area contributed by atoms with E-state index in [1.165, 1.54) is 0 Å². The fraction of sp³-hybridized carbons (Fsp3) is 0.889. The van der Waals surface area contributed by atoms with Crippen molar-refractivity contribution in [3.63, 3.8) is 0 Å². The lowest BCUT2D eigenvalue weighted by Crippen LogP contribution is -2.60. The molecular weight excluding hydrogens is 252 g/mol. The molecule has 1 atom stereocenters. The Morgan fingerprint density at radius 3 is 2.75 bits per heavy atom. The zero-order chi connectivity index (χ0) is 11.8. The van der Waals surface area contributed by atoms with Crippen LogP contribution in [0, 0.1) is 0 Å². The van der Waals surface area contributed by atoms with Crippen molar-refractivity contribution in [3.05, 3.63) is 0 Å². The fourth-order valence-corrected chi connectivity index (χ4v) is 4.04. The minimum atomic E-state index is -2.92. The van der Waals surface area contributed by atoms with E-state index in [4.69, 9.17) is 11.6 Å². The Morgan fingerprint density at radius 2 is 2.06 bits per heavy atom. The molecule has 2 heterocycles. The van der Waals surface area contributed by atoms with Gasteiger partial charge in [0.05, 0.1) is 11.5 Å². The van der Waals surface area contributed by atoms with Gasteiger partial charge < -0.3 is 4.90 Å². The van der Waals surface area contributed by atoms with E-state index in [9.17, 15) is 13.2 Å². The van der Waals surface area contributed by atoms with Gasteiger partial charge in [0.1, 0.15) is 5.88 Å². The molecule has 0 radical (unpaired) electrons. The van der Waals surface area contributed by atoms with E-state index >= 15 is 0 Å². The SMILES string of the molecule is O=C(CCl)N1CCN2CCS(=O)(=O)CC2C1. The van der Waals surface area contributed by atoms with Gasteiger partial charge in [-0.15, -0.1) is 11.6 Å². The summed E-state index contributed by atoms with van der Waals surface area (Å²) in [7, 11) is -2.92. The highest BCUT2D eigenvalue weighted by Crippen LogP contribution is 2.17. The van der Waals surface area contributed by atoms with Gasteiger partial charge in [-0.2, -0.15) is 0 Å². The largest absolute Gasteiger partial charge is 0.339 e. The lowest BCUT2D eigenvalue weighted by molar-refractivity contribution is -0.131. The first-order chi connectivity index (χ1) is 7.52. The van der Waals surface area contributed by atoms with Crippen LogP contribution in [0.15, 0.2) is 0 Å². The van der Waals surface area contributed by atoms with Gasteiger partial charge in [0, 0.05) is 32.2 Å². The molecule has 0 aromatic heterocycles. The number of nitrogens with zero attached hydrogens (tertiary/aromatic N) is 2. The van der Waals surface area contributed by atoms with Crippen molar-refractivity contribution in [2.24, 2.45) is 0 Å². The molecule has 0 spiro atoms. The number of rotatable bonds is 1. The van der Waals surface area contributed by atoms with E-state index in [0.717, 1.165) is 6.54 Å². The molecule has 5 nitrogen and oxygen atoms in total. The van der Waals surface area contributed by atoms with Gasteiger partial charge in [0.25, 0.3) is 0 Å². The minimum absolute atomic E-state index is 0.0283. The molecule has 2 saturated heterocycles. The number of sulfone groups is 1. The monoisotopic (exact) mass is 266 g/mol. The lowest BCUT2D eigenvalue weighted by Gasteiger charge is -2.43. The molecule has 16 heavy (non-hydrogen) atoms. The molecule has 1 unspecified atom stereocenters. The summed E-state index contributed by atoms with van der Waals surface area (Å²) in [5.74, 6) is 0.273. The average molecular weight is 267 g/mol. The van der Waals surface area contributed by atoms with Gasteiger partial charge in [-0.25, -0.2) is 8.42 Å². The summed E-state index contributed by atoms with van der Waals surface area (Å²) >= 11 is 5.49. The summed E-state index contributed by atoms with van der Waals surface area (Å²) in [5, 5.41) is 0. The standard InChI is InChI=1S/C9H15ClN2O3S/c10-5-9(13)12-2-1-11-3-4-16(14,15)7-8(11)6-12/h8H,1-7H2. The van der Waals surface area contributed by atoms with Crippen LogP contribution in [0.5, 0.6) is 0 Å². The van der Waals surface area contributed by atoms with E-state index in [1.54, 1.807) is 4.90 Å². The summed E-state index contributed by atoms with van der Waals surface area (Å²) in [5.41, 5.74) is 0. The number of hydrogen-bond donors (Lipinski definition) is 0. The molecule has 0 aromatic rings. The Bertz CT molecular complexity index is 384. The van der Waals surface area contributed by atoms with E-state index in [-0.39, 0.29) is 29.3 Å². The third kappa shape index (κ3) is 2.49. The van der Waals surface area contributed by atoms with Crippen molar-refractivity contribution < 1.29 is 13.2 Å². The molecule has 2 fully saturated rings. The predicted molar refractivity (Wildman–Crippen MR) is 61.3 cm³/mol. The summed E-state index contributed by atoms with van der Waals surface area (Å²) in [6.07, 6.45) is 0. The third-order valence-electron chi connectivity index (χ3n) is 3.21. The van der Waals surface area contributed by atoms with Crippen LogP contribution < -0.4 is 0 Å². The molecule has 0 bridgehead atoms. The maximum Gasteiger partial charge on any atom is 0.237 e. The van der Waals surface area contributed by atoms with E-state index in [0.29, 0.717) is 19.6 Å². The Balaban J connectivity index is 2.04. The van der Waals surface area contributed by atoms with Crippen molar-refractivity contribution in [2.45, 2.75) is 6.04 Å². The van der Waals surface area contributed by atoms with Crippen molar-refractivity contribution >= 4 is 27.3 Å². The van der Waals surface area contributed by atoms with E-state index < -0.39 is 9.84 Å². The first-order valence-corrected chi connectivity index (χ1v) is 7.65. The molecule has 1 amide bonds. The second-order valence-electron chi connectivity index (χ2n) is 4.28. The van der Waals surface area contributed by atoms with Crippen molar-refractivity contribution in [1.29, 1.82) is 0 Å². The molecule has 0 saturated carbocycles. The van der Waals surface area contributed by atoms with Gasteiger partial charge >= 0.3 is 0 Å². The smallest absolute Gasteiger partial charge is 0.237 e. The van der Waals surface area contributed by atoms with Crippen LogP contribution in [0.2, 0.25) is 0 Å². The summed E-state index contributed by atoms with van der Waals surface area (Å²) in [4.78, 5) is 15.2. The summed E-state index contributed by atoms with van der Waals surface area (Å²) in [6, 6.07) is -0.0420. The molecule has 7 heteroatoms. The van der Waals surface area contributed by atoms with Crippen molar-refractivity contribution in [3.8, 4) is 0 Å². The van der Waals surface area contributed by atoms with E-state index in [2.05, 4.69) is 4.90 Å². The Labute approximate surface area is 100 Å². The van der Waals surface area contributed by atoms with Gasteiger partial charge in [0.2, 0.25) is 5.91 Å². The Hall–Kier alpha value is -0.330. The maximum atomic E-state index is 11.5. The topological polar surface area (TPSA) is 57.7 Å². The number of halogens is 1. The highest BCUT2D eigenvalue weighted by molar-refractivity contribution is 7.91. The quantitative estimate of drug-likeness (QED) is 0.581. The second kappa shape index (κ2) is 4.50. The molecule has 0 aromatic carbocycles. The van der Waals surface area contributed by atoms with Gasteiger partial charge in [-0.3, -0.25) is 9.69 Å². The maximum absolute atomic E-state index is 11.5. The first-order valence-electron chi connectivity index (χ1n) is 5.30. The van der Waals surface area contributed by atoms with Crippen LogP contribution in [0.4, 0.5) is 0 Å². The lowest BCUT2D eigenvalue weighted by atomic mass is 10.2. The van der Waals surface area contributed by atoms with Crippen LogP contribution in [0.25, 0.3) is 0 Å². The van der Waals surface area contributed by atoms with Crippen LogP contribution in [0.3, 0.4) is 0 Å². The van der Waals surface area contributed by atoms with Crippen LogP contribution >= 0.6 is 11.6 Å². The highest BCUT2D eigenvalue weighted by Gasteiger charge is 2.36. The van der Waals surface area contributed by atoms with Crippen LogP contribution in [-0.2, 0) is 14.6 Å². The zero-order valence-electron chi connectivity index (χ0n) is 8.93. The molecular formula is C9H15ClN2O3S. The number of amides is 1. The normalized spacial score (nSPS) is 29.8. The zero-order valence-corrected chi connectivity index (χ0v) is 10.5. The van der Waals surface area contributed by atoms with E-state index in [1.807, 2.05) is 0 Å². The molecule has 2 aliphatic rings. The molecule has 2 aliphatic heterocycles. The highest BCUT2D eigenvalue weighted by atomic mass is 35.5. The molecule has 92 valence electrons. The minimum Gasteiger partial charge on any atom is -0.339 e. The Kier molecular flexibility index (Phi) is 3.42. The van der Waals surface area contributed by atoms with Crippen molar-refractivity contribution in [2.75, 3.05) is 43.6 Å². The third-order valence-corrected chi connectivity index (χ3v) is 5.13. The van der Waals surface area contributed by atoms with Gasteiger partial charge in [0.15, 0.2) is 9.84 Å². The fourth-order valence-electron chi connectivity index (χ4n) is 2.29. The van der Waals surface area contributed by atoms with Gasteiger partial charge in [-0.05, 0) is 0 Å². The predicted octanol–water partition coefficient (Wildman–Crippen LogP) is -0.834. The first kappa shape index (κ1) is 12.1. The van der Waals surface area contributed by atoms with Crippen LogP contribution in [0.1, 0.15) is 0 Å². The number of hydrogen-bond acceptors (Lipinski definition) is 4. The number of carbonyl (C=O) groups excluding carboxylic acids is 1. The van der Waals surface area contributed by atoms with Crippen molar-refractivity contribution in [1.82, 2.24) is 9.80 Å². The number of alkyl halides is 1. The second-order valence-corrected chi connectivity index (χ2v) is 6.77. The summed E-state index contributed by atoms with van der Waals surface area (Å²) < 4.78 is 23.0. The number of piperazine rings is 1. The molecule has 2 rings (SSSR count). The Morgan fingerprint density at radius 1 is 1.31 bits per heavy atom. The number of fused-ring (bicyclic) bond motifs is 1. The molecule has 0 N–H and O–H groups in total. The average Bonchev–Trinajstić information content (AvgIpc) is 2.25. The number of carbonyl (C=O) groups is 1. The van der Waals surface area contributed by atoms with Gasteiger partial charge in [-0.1, -0.05) is 0 Å². The van der Waals surface area contributed by atoms with Crippen LogP contribution in [-0.4, -0.2) is 73.7 Å². The summed E-state index contributed by atoms with van der Waals surface area (Å²) in [6.45, 7) is 2.49.